The van der Waals surface area contributed by atoms with Gasteiger partial charge in [-0.1, -0.05) is 28.1 Å². The Labute approximate surface area is 129 Å². The van der Waals surface area contributed by atoms with Gasteiger partial charge >= 0.3 is 0 Å². The molecule has 0 aliphatic carbocycles. The number of benzene rings is 1. The van der Waals surface area contributed by atoms with Gasteiger partial charge in [-0.05, 0) is 35.9 Å². The summed E-state index contributed by atoms with van der Waals surface area (Å²) in [7, 11) is 0. The molecular weight excluding hydrogens is 332 g/mol. The zero-order valence-electron chi connectivity index (χ0n) is 10.9. The summed E-state index contributed by atoms with van der Waals surface area (Å²) in [5.74, 6) is -0.500. The fourth-order valence-electron chi connectivity index (χ4n) is 2.08. The molecule has 3 rings (SSSR count). The van der Waals surface area contributed by atoms with Gasteiger partial charge in [-0.25, -0.2) is 4.98 Å². The Morgan fingerprint density at radius 3 is 2.90 bits per heavy atom. The van der Waals surface area contributed by atoms with Crippen LogP contribution in [0.4, 0.5) is 0 Å². The van der Waals surface area contributed by atoms with E-state index < -0.39 is 5.91 Å². The predicted molar refractivity (Wildman–Crippen MR) is 85.1 cm³/mol. The van der Waals surface area contributed by atoms with E-state index in [2.05, 4.69) is 31.1 Å². The van der Waals surface area contributed by atoms with Crippen molar-refractivity contribution in [2.75, 3.05) is 0 Å². The number of aromatic nitrogens is 3. The normalized spacial score (nSPS) is 11.8. The zero-order chi connectivity index (χ0) is 14.8. The minimum absolute atomic E-state index is 0.408. The standard InChI is InChI=1S/C15H11BrN4O/c16-10-4-1-3-9(7-10)12(14(17)21)8-13-11-5-2-6-18-15(11)20-19-13/h1-8H,(H2,17,21)(H,18,19,20). The van der Waals surface area contributed by atoms with Crippen molar-refractivity contribution in [3.05, 3.63) is 58.3 Å². The number of nitrogens with one attached hydrogen (secondary N) is 1. The lowest BCUT2D eigenvalue weighted by molar-refractivity contribution is -0.112. The summed E-state index contributed by atoms with van der Waals surface area (Å²) < 4.78 is 0.878. The summed E-state index contributed by atoms with van der Waals surface area (Å²) in [6.45, 7) is 0. The minimum atomic E-state index is -0.500. The van der Waals surface area contributed by atoms with Crippen LogP contribution in [-0.2, 0) is 4.79 Å². The van der Waals surface area contributed by atoms with E-state index in [1.165, 1.54) is 0 Å². The maximum atomic E-state index is 11.8. The Hall–Kier alpha value is -2.47. The van der Waals surface area contributed by atoms with Crippen LogP contribution in [0.1, 0.15) is 11.3 Å². The van der Waals surface area contributed by atoms with Crippen LogP contribution in [0.15, 0.2) is 47.1 Å². The zero-order valence-corrected chi connectivity index (χ0v) is 12.5. The third kappa shape index (κ3) is 2.71. The number of nitrogens with two attached hydrogens (primary N) is 1. The first-order chi connectivity index (χ1) is 10.1. The minimum Gasteiger partial charge on any atom is -0.366 e. The average Bonchev–Trinajstić information content (AvgIpc) is 2.87. The maximum absolute atomic E-state index is 11.8. The van der Waals surface area contributed by atoms with E-state index in [0.29, 0.717) is 16.9 Å². The Morgan fingerprint density at radius 2 is 2.14 bits per heavy atom. The first kappa shape index (κ1) is 13.5. The van der Waals surface area contributed by atoms with Crippen molar-refractivity contribution in [2.24, 2.45) is 5.73 Å². The molecule has 0 saturated heterocycles. The van der Waals surface area contributed by atoms with Gasteiger partial charge < -0.3 is 5.73 Å². The fourth-order valence-corrected chi connectivity index (χ4v) is 2.48. The summed E-state index contributed by atoms with van der Waals surface area (Å²) in [6.07, 6.45) is 3.36. The average molecular weight is 343 g/mol. The first-order valence-corrected chi connectivity index (χ1v) is 7.01. The molecule has 0 atom stereocenters. The first-order valence-electron chi connectivity index (χ1n) is 6.21. The van der Waals surface area contributed by atoms with Gasteiger partial charge in [0.25, 0.3) is 0 Å². The van der Waals surface area contributed by atoms with Crippen LogP contribution in [0.5, 0.6) is 0 Å². The molecule has 0 saturated carbocycles. The Balaban J connectivity index is 2.15. The highest BCUT2D eigenvalue weighted by atomic mass is 79.9. The molecule has 21 heavy (non-hydrogen) atoms. The number of hydrogen-bond donors (Lipinski definition) is 2. The van der Waals surface area contributed by atoms with Gasteiger partial charge in [0.15, 0.2) is 5.65 Å². The predicted octanol–water partition coefficient (Wildman–Crippen LogP) is 2.75. The van der Waals surface area contributed by atoms with Crippen molar-refractivity contribution >= 4 is 44.5 Å². The number of rotatable bonds is 3. The van der Waals surface area contributed by atoms with Crippen molar-refractivity contribution in [1.29, 1.82) is 0 Å². The molecule has 2 heterocycles. The number of fused-ring (bicyclic) bond motifs is 1. The van der Waals surface area contributed by atoms with Gasteiger partial charge in [0.05, 0.1) is 5.69 Å². The molecular formula is C15H11BrN4O. The van der Waals surface area contributed by atoms with Gasteiger partial charge in [-0.3, -0.25) is 9.89 Å². The number of hydrogen-bond acceptors (Lipinski definition) is 3. The number of H-pyrrole nitrogens is 1. The van der Waals surface area contributed by atoms with Gasteiger partial charge in [0.1, 0.15) is 0 Å². The fraction of sp³-hybridized carbons (Fsp3) is 0. The summed E-state index contributed by atoms with van der Waals surface area (Å²) in [5.41, 5.74) is 7.95. The smallest absolute Gasteiger partial charge is 0.249 e. The molecule has 0 radical (unpaired) electrons. The third-order valence-electron chi connectivity index (χ3n) is 3.05. The SMILES string of the molecule is NC(=O)C(=Cc1[nH]nc2ncccc12)c1cccc(Br)c1. The molecule has 5 nitrogen and oxygen atoms in total. The summed E-state index contributed by atoms with van der Waals surface area (Å²) in [6, 6.07) is 11.1. The van der Waals surface area contributed by atoms with Gasteiger partial charge in [-0.2, -0.15) is 5.10 Å². The lowest BCUT2D eigenvalue weighted by Crippen LogP contribution is -2.12. The van der Waals surface area contributed by atoms with Crippen molar-refractivity contribution < 1.29 is 4.79 Å². The molecule has 3 N–H and O–H groups in total. The van der Waals surface area contributed by atoms with E-state index in [-0.39, 0.29) is 0 Å². The molecule has 1 aromatic carbocycles. The van der Waals surface area contributed by atoms with Crippen molar-refractivity contribution in [3.8, 4) is 0 Å². The van der Waals surface area contributed by atoms with E-state index >= 15 is 0 Å². The van der Waals surface area contributed by atoms with Gasteiger partial charge in [0.2, 0.25) is 5.91 Å². The Kier molecular flexibility index (Phi) is 3.53. The molecule has 0 spiro atoms. The third-order valence-corrected chi connectivity index (χ3v) is 3.54. The molecule has 0 bridgehead atoms. The summed E-state index contributed by atoms with van der Waals surface area (Å²) in [5, 5.41) is 7.81. The summed E-state index contributed by atoms with van der Waals surface area (Å²) in [4.78, 5) is 15.9. The molecule has 1 amide bonds. The highest BCUT2D eigenvalue weighted by molar-refractivity contribution is 9.10. The van der Waals surface area contributed by atoms with E-state index in [1.54, 1.807) is 12.3 Å². The lowest BCUT2D eigenvalue weighted by atomic mass is 10.0. The van der Waals surface area contributed by atoms with E-state index in [9.17, 15) is 4.79 Å². The molecule has 0 unspecified atom stereocenters. The number of pyridine rings is 1. The van der Waals surface area contributed by atoms with Crippen LogP contribution < -0.4 is 5.73 Å². The van der Waals surface area contributed by atoms with E-state index in [4.69, 9.17) is 5.73 Å². The quantitative estimate of drug-likeness (QED) is 0.717. The van der Waals surface area contributed by atoms with Gasteiger partial charge in [0, 0.05) is 21.6 Å². The molecule has 0 fully saturated rings. The second kappa shape index (κ2) is 5.49. The highest BCUT2D eigenvalue weighted by Crippen LogP contribution is 2.23. The monoisotopic (exact) mass is 342 g/mol. The largest absolute Gasteiger partial charge is 0.366 e. The molecule has 3 aromatic rings. The molecule has 6 heteroatoms. The number of primary amides is 1. The maximum Gasteiger partial charge on any atom is 0.249 e. The molecule has 0 aliphatic heterocycles. The number of halogens is 1. The second-order valence-electron chi connectivity index (χ2n) is 4.44. The van der Waals surface area contributed by atoms with Gasteiger partial charge in [-0.15, -0.1) is 0 Å². The Morgan fingerprint density at radius 1 is 1.29 bits per heavy atom. The second-order valence-corrected chi connectivity index (χ2v) is 5.36. The van der Waals surface area contributed by atoms with Crippen LogP contribution in [0, 0.1) is 0 Å². The van der Waals surface area contributed by atoms with Crippen molar-refractivity contribution in [1.82, 2.24) is 15.2 Å². The van der Waals surface area contributed by atoms with E-state index in [1.807, 2.05) is 36.4 Å². The topological polar surface area (TPSA) is 84.7 Å². The molecule has 0 aliphatic rings. The number of carbonyl (C=O) groups excluding carboxylic acids is 1. The Bertz CT molecular complexity index is 854. The van der Waals surface area contributed by atoms with Crippen LogP contribution in [0.2, 0.25) is 0 Å². The molecule has 2 aromatic heterocycles. The number of amides is 1. The number of aromatic amines is 1. The van der Waals surface area contributed by atoms with E-state index in [0.717, 1.165) is 15.4 Å². The molecule has 104 valence electrons. The number of nitrogens with zero attached hydrogens (tertiary/aromatic N) is 2. The van der Waals surface area contributed by atoms with Crippen molar-refractivity contribution in [2.45, 2.75) is 0 Å². The number of carbonyl (C=O) groups is 1. The van der Waals surface area contributed by atoms with Crippen molar-refractivity contribution in [3.63, 3.8) is 0 Å². The summed E-state index contributed by atoms with van der Waals surface area (Å²) >= 11 is 3.39. The van der Waals surface area contributed by atoms with Crippen LogP contribution in [0.25, 0.3) is 22.7 Å². The van der Waals surface area contributed by atoms with Crippen LogP contribution >= 0.6 is 15.9 Å². The van der Waals surface area contributed by atoms with Crippen LogP contribution in [0.3, 0.4) is 0 Å². The van der Waals surface area contributed by atoms with Crippen LogP contribution in [-0.4, -0.2) is 21.1 Å². The highest BCUT2D eigenvalue weighted by Gasteiger charge is 2.11. The lowest BCUT2D eigenvalue weighted by Gasteiger charge is -2.04.